The van der Waals surface area contributed by atoms with Gasteiger partial charge in [0.25, 0.3) is 0 Å². The smallest absolute Gasteiger partial charge is 0.129 e. The van der Waals surface area contributed by atoms with Crippen molar-refractivity contribution in [3.05, 3.63) is 35.9 Å². The Morgan fingerprint density at radius 1 is 1.32 bits per heavy atom. The number of para-hydroxylation sites is 1. The van der Waals surface area contributed by atoms with Crippen LogP contribution in [0.5, 0.6) is 0 Å². The number of aromatic nitrogens is 1. The van der Waals surface area contributed by atoms with Gasteiger partial charge in [-0.15, -0.1) is 0 Å². The largest absolute Gasteiger partial charge is 0.366 e. The van der Waals surface area contributed by atoms with Crippen LogP contribution in [-0.2, 0) is 0 Å². The van der Waals surface area contributed by atoms with Gasteiger partial charge >= 0.3 is 0 Å². The number of hydrogen-bond donors (Lipinski definition) is 2. The van der Waals surface area contributed by atoms with Crippen molar-refractivity contribution in [1.82, 2.24) is 4.98 Å². The second kappa shape index (κ2) is 6.53. The van der Waals surface area contributed by atoms with Crippen LogP contribution in [0, 0.1) is 6.92 Å². The third-order valence-corrected chi connectivity index (χ3v) is 3.45. The van der Waals surface area contributed by atoms with E-state index in [1.165, 1.54) is 23.8 Å². The minimum atomic E-state index is 0.312. The molecule has 0 aliphatic rings. The molecule has 0 radical (unpaired) electrons. The molecule has 1 aromatic heterocycles. The lowest BCUT2D eigenvalue weighted by molar-refractivity contribution is 0.612. The predicted octanol–water partition coefficient (Wildman–Crippen LogP) is 3.47. The Labute approximate surface area is 115 Å². The molecule has 1 atom stereocenters. The van der Waals surface area contributed by atoms with Gasteiger partial charge in [-0.2, -0.15) is 0 Å². The van der Waals surface area contributed by atoms with Crippen LogP contribution in [0.3, 0.4) is 0 Å². The Morgan fingerprint density at radius 2 is 2.11 bits per heavy atom. The molecule has 0 bridgehead atoms. The molecule has 3 nitrogen and oxygen atoms in total. The lowest BCUT2D eigenvalue weighted by Gasteiger charge is -2.19. The van der Waals surface area contributed by atoms with E-state index in [-0.39, 0.29) is 0 Å². The van der Waals surface area contributed by atoms with Crippen molar-refractivity contribution in [2.45, 2.75) is 39.2 Å². The number of aryl methyl sites for hydroxylation is 1. The maximum atomic E-state index is 5.83. The van der Waals surface area contributed by atoms with Gasteiger partial charge in [-0.05, 0) is 31.0 Å². The fourth-order valence-electron chi connectivity index (χ4n) is 2.26. The van der Waals surface area contributed by atoms with Gasteiger partial charge in [0.15, 0.2) is 0 Å². The Morgan fingerprint density at radius 3 is 2.84 bits per heavy atom. The lowest BCUT2D eigenvalue weighted by Crippen LogP contribution is -2.29. The zero-order chi connectivity index (χ0) is 13.7. The van der Waals surface area contributed by atoms with Crippen molar-refractivity contribution in [1.29, 1.82) is 0 Å². The van der Waals surface area contributed by atoms with Crippen LogP contribution in [0.4, 0.5) is 5.82 Å². The second-order valence-corrected chi connectivity index (χ2v) is 5.07. The number of hydrogen-bond acceptors (Lipinski definition) is 3. The number of nitrogens with one attached hydrogen (secondary N) is 1. The van der Waals surface area contributed by atoms with Gasteiger partial charge in [-0.3, -0.25) is 0 Å². The van der Waals surface area contributed by atoms with Crippen LogP contribution in [0.2, 0.25) is 0 Å². The number of fused-ring (bicyclic) bond motifs is 1. The van der Waals surface area contributed by atoms with E-state index in [2.05, 4.69) is 31.3 Å². The summed E-state index contributed by atoms with van der Waals surface area (Å²) in [6, 6.07) is 10.7. The summed E-state index contributed by atoms with van der Waals surface area (Å²) in [7, 11) is 0. The highest BCUT2D eigenvalue weighted by Gasteiger charge is 2.09. The average Bonchev–Trinajstić information content (AvgIpc) is 2.43. The molecule has 102 valence electrons. The third kappa shape index (κ3) is 3.44. The average molecular weight is 257 g/mol. The topological polar surface area (TPSA) is 50.9 Å². The summed E-state index contributed by atoms with van der Waals surface area (Å²) >= 11 is 0. The Hall–Kier alpha value is -1.61. The molecule has 0 aliphatic heterocycles. The van der Waals surface area contributed by atoms with Gasteiger partial charge < -0.3 is 11.1 Å². The summed E-state index contributed by atoms with van der Waals surface area (Å²) in [4.78, 5) is 4.70. The van der Waals surface area contributed by atoms with E-state index in [1.807, 2.05) is 18.2 Å². The molecule has 0 aliphatic carbocycles. The SMILES string of the molecule is CCCCC(CN)Nc1nc2ccccc2cc1C. The minimum Gasteiger partial charge on any atom is -0.366 e. The van der Waals surface area contributed by atoms with Crippen molar-refractivity contribution in [3.8, 4) is 0 Å². The number of benzene rings is 1. The normalized spacial score (nSPS) is 12.6. The van der Waals surface area contributed by atoms with Crippen molar-refractivity contribution in [2.75, 3.05) is 11.9 Å². The van der Waals surface area contributed by atoms with Crippen LogP contribution < -0.4 is 11.1 Å². The van der Waals surface area contributed by atoms with E-state index in [0.717, 1.165) is 17.8 Å². The summed E-state index contributed by atoms with van der Waals surface area (Å²) in [5, 5.41) is 4.67. The molecule has 19 heavy (non-hydrogen) atoms. The Kier molecular flexibility index (Phi) is 4.74. The van der Waals surface area contributed by atoms with Crippen molar-refractivity contribution in [3.63, 3.8) is 0 Å². The third-order valence-electron chi connectivity index (χ3n) is 3.45. The first-order chi connectivity index (χ1) is 9.24. The number of nitrogens with zero attached hydrogens (tertiary/aromatic N) is 1. The van der Waals surface area contributed by atoms with Crippen molar-refractivity contribution >= 4 is 16.7 Å². The fourth-order valence-corrected chi connectivity index (χ4v) is 2.26. The highest BCUT2D eigenvalue weighted by atomic mass is 15.0. The van der Waals surface area contributed by atoms with E-state index in [9.17, 15) is 0 Å². The lowest BCUT2D eigenvalue weighted by atomic mass is 10.1. The molecule has 3 N–H and O–H groups in total. The summed E-state index contributed by atoms with van der Waals surface area (Å²) in [6.07, 6.45) is 3.49. The first kappa shape index (κ1) is 13.8. The van der Waals surface area contributed by atoms with Crippen molar-refractivity contribution < 1.29 is 0 Å². The summed E-state index contributed by atoms with van der Waals surface area (Å²) in [5.41, 5.74) is 8.04. The number of anilines is 1. The van der Waals surface area contributed by atoms with Crippen LogP contribution in [0.1, 0.15) is 31.7 Å². The molecular formula is C16H23N3. The van der Waals surface area contributed by atoms with E-state index in [4.69, 9.17) is 10.7 Å². The van der Waals surface area contributed by atoms with E-state index in [1.54, 1.807) is 0 Å². The van der Waals surface area contributed by atoms with Gasteiger partial charge in [0.1, 0.15) is 5.82 Å². The summed E-state index contributed by atoms with van der Waals surface area (Å²) in [6.45, 7) is 4.94. The molecule has 1 unspecified atom stereocenters. The first-order valence-corrected chi connectivity index (χ1v) is 7.07. The molecular weight excluding hydrogens is 234 g/mol. The van der Waals surface area contributed by atoms with E-state index >= 15 is 0 Å². The summed E-state index contributed by atoms with van der Waals surface area (Å²) in [5.74, 6) is 0.963. The number of pyridine rings is 1. The highest BCUT2D eigenvalue weighted by molar-refractivity contribution is 5.81. The Bertz CT molecular complexity index is 537. The minimum absolute atomic E-state index is 0.312. The zero-order valence-electron chi connectivity index (χ0n) is 11.8. The molecule has 1 heterocycles. The van der Waals surface area contributed by atoms with E-state index < -0.39 is 0 Å². The summed E-state index contributed by atoms with van der Waals surface area (Å²) < 4.78 is 0. The van der Waals surface area contributed by atoms with Gasteiger partial charge in [0.2, 0.25) is 0 Å². The maximum absolute atomic E-state index is 5.83. The van der Waals surface area contributed by atoms with Gasteiger partial charge in [-0.25, -0.2) is 4.98 Å². The molecule has 2 aromatic rings. The molecule has 0 saturated carbocycles. The molecule has 0 fully saturated rings. The molecule has 0 saturated heterocycles. The monoisotopic (exact) mass is 257 g/mol. The molecule has 1 aromatic carbocycles. The van der Waals surface area contributed by atoms with Crippen molar-refractivity contribution in [2.24, 2.45) is 5.73 Å². The number of rotatable bonds is 6. The highest BCUT2D eigenvalue weighted by Crippen LogP contribution is 2.20. The predicted molar refractivity (Wildman–Crippen MR) is 82.5 cm³/mol. The fraction of sp³-hybridized carbons (Fsp3) is 0.438. The second-order valence-electron chi connectivity index (χ2n) is 5.07. The standard InChI is InChI=1S/C16H23N3/c1-3-4-8-14(11-17)18-16-12(2)10-13-7-5-6-9-15(13)19-16/h5-7,9-10,14H,3-4,8,11,17H2,1-2H3,(H,18,19). The molecule has 2 rings (SSSR count). The molecule has 0 amide bonds. The Balaban J connectivity index is 2.21. The van der Waals surface area contributed by atoms with Gasteiger partial charge in [0.05, 0.1) is 5.52 Å². The van der Waals surface area contributed by atoms with Crippen LogP contribution >= 0.6 is 0 Å². The van der Waals surface area contributed by atoms with Gasteiger partial charge in [0, 0.05) is 18.0 Å². The maximum Gasteiger partial charge on any atom is 0.129 e. The number of unbranched alkanes of at least 4 members (excludes halogenated alkanes) is 1. The quantitative estimate of drug-likeness (QED) is 0.833. The van der Waals surface area contributed by atoms with Crippen LogP contribution in [0.15, 0.2) is 30.3 Å². The molecule has 3 heteroatoms. The molecule has 0 spiro atoms. The van der Waals surface area contributed by atoms with Gasteiger partial charge in [-0.1, -0.05) is 38.0 Å². The van der Waals surface area contributed by atoms with Crippen LogP contribution in [-0.4, -0.2) is 17.6 Å². The zero-order valence-corrected chi connectivity index (χ0v) is 11.8. The number of nitrogens with two attached hydrogens (primary N) is 1. The van der Waals surface area contributed by atoms with Crippen LogP contribution in [0.25, 0.3) is 10.9 Å². The first-order valence-electron chi connectivity index (χ1n) is 7.07. The van der Waals surface area contributed by atoms with E-state index in [0.29, 0.717) is 12.6 Å².